The predicted molar refractivity (Wildman–Crippen MR) is 114 cm³/mol. The summed E-state index contributed by atoms with van der Waals surface area (Å²) in [6.45, 7) is 1.91. The number of benzene rings is 1. The molecule has 0 aliphatic rings. The monoisotopic (exact) mass is 441 g/mol. The minimum Gasteiger partial charge on any atom is -0.503 e. The molecule has 6 nitrogen and oxygen atoms in total. The molecule has 0 saturated heterocycles. The van der Waals surface area contributed by atoms with Crippen LogP contribution in [-0.2, 0) is 6.42 Å². The highest BCUT2D eigenvalue weighted by Gasteiger charge is 2.31. The molecule has 3 atom stereocenters. The molecule has 1 aromatic carbocycles. The van der Waals surface area contributed by atoms with E-state index in [1.807, 2.05) is 37.3 Å². The maximum absolute atomic E-state index is 13.4. The van der Waals surface area contributed by atoms with Crippen molar-refractivity contribution in [2.45, 2.75) is 25.1 Å². The van der Waals surface area contributed by atoms with E-state index in [9.17, 15) is 14.7 Å². The molecule has 29 heavy (non-hydrogen) atoms. The second-order valence-corrected chi connectivity index (χ2v) is 7.75. The van der Waals surface area contributed by atoms with Crippen LogP contribution >= 0.6 is 23.2 Å². The van der Waals surface area contributed by atoms with Crippen LogP contribution in [-0.4, -0.2) is 41.4 Å². The van der Waals surface area contributed by atoms with Crippen molar-refractivity contribution in [1.82, 2.24) is 4.98 Å². The van der Waals surface area contributed by atoms with Crippen molar-refractivity contribution >= 4 is 29.0 Å². The van der Waals surface area contributed by atoms with Crippen molar-refractivity contribution in [3.05, 3.63) is 51.8 Å². The lowest BCUT2D eigenvalue weighted by molar-refractivity contribution is 0.0895. The molecular formula is C21H25Cl2NO5. The van der Waals surface area contributed by atoms with Crippen LogP contribution in [0.5, 0.6) is 17.4 Å². The smallest absolute Gasteiger partial charge is 0.265 e. The quantitative estimate of drug-likeness (QED) is 0.429. The van der Waals surface area contributed by atoms with Gasteiger partial charge in [0.15, 0.2) is 11.5 Å². The van der Waals surface area contributed by atoms with Crippen LogP contribution in [0.4, 0.5) is 0 Å². The Bertz CT molecular complexity index is 885. The molecule has 2 N–H and O–H groups in total. The fourth-order valence-corrected chi connectivity index (χ4v) is 3.65. The van der Waals surface area contributed by atoms with E-state index in [1.165, 1.54) is 14.2 Å². The van der Waals surface area contributed by atoms with E-state index in [4.69, 9.17) is 32.7 Å². The van der Waals surface area contributed by atoms with Gasteiger partial charge in [-0.2, -0.15) is 0 Å². The molecule has 2 aromatic rings. The van der Waals surface area contributed by atoms with Gasteiger partial charge in [0.05, 0.1) is 14.2 Å². The summed E-state index contributed by atoms with van der Waals surface area (Å²) in [5.41, 5.74) is -0.158. The number of carbonyl (C=O) groups is 1. The average Bonchev–Trinajstić information content (AvgIpc) is 2.72. The number of aromatic hydroxyl groups is 1. The van der Waals surface area contributed by atoms with E-state index in [-0.39, 0.29) is 34.4 Å². The van der Waals surface area contributed by atoms with E-state index in [0.717, 1.165) is 5.56 Å². The Balaban J connectivity index is 2.47. The number of Topliss-reactive ketones (excluding diaryl/α,β-unsaturated/α-hetero) is 1. The Labute approximate surface area is 179 Å². The molecule has 0 aliphatic carbocycles. The van der Waals surface area contributed by atoms with E-state index >= 15 is 0 Å². The molecule has 0 radical (unpaired) electrons. The third-order valence-corrected chi connectivity index (χ3v) is 5.96. The van der Waals surface area contributed by atoms with Gasteiger partial charge in [0.1, 0.15) is 5.56 Å². The molecule has 2 rings (SSSR count). The van der Waals surface area contributed by atoms with Crippen molar-refractivity contribution in [1.29, 1.82) is 0 Å². The van der Waals surface area contributed by atoms with Crippen molar-refractivity contribution in [2.75, 3.05) is 20.1 Å². The fourth-order valence-electron chi connectivity index (χ4n) is 3.25. The Morgan fingerprint density at radius 1 is 1.21 bits per heavy atom. The van der Waals surface area contributed by atoms with Crippen LogP contribution in [0, 0.1) is 11.8 Å². The van der Waals surface area contributed by atoms with Crippen LogP contribution in [0.3, 0.4) is 0 Å². The van der Waals surface area contributed by atoms with Crippen LogP contribution < -0.4 is 15.0 Å². The Morgan fingerprint density at radius 3 is 2.41 bits per heavy atom. The fraction of sp³-hybridized carbons (Fsp3) is 0.429. The highest BCUT2D eigenvalue weighted by atomic mass is 35.5. The number of ketones is 1. The van der Waals surface area contributed by atoms with E-state index in [0.29, 0.717) is 12.8 Å². The number of hydrogen-bond donors (Lipinski definition) is 2. The molecule has 0 aliphatic heterocycles. The summed E-state index contributed by atoms with van der Waals surface area (Å²) < 4.78 is 10.1. The van der Waals surface area contributed by atoms with Gasteiger partial charge in [-0.1, -0.05) is 37.3 Å². The minimum absolute atomic E-state index is 0.0533. The number of halogens is 2. The third-order valence-electron chi connectivity index (χ3n) is 4.88. The van der Waals surface area contributed by atoms with Gasteiger partial charge in [0.25, 0.3) is 5.56 Å². The maximum Gasteiger partial charge on any atom is 0.265 e. The van der Waals surface area contributed by atoms with E-state index in [1.54, 1.807) is 0 Å². The predicted octanol–water partition coefficient (Wildman–Crippen LogP) is 4.01. The molecule has 0 unspecified atom stereocenters. The molecule has 8 heteroatoms. The summed E-state index contributed by atoms with van der Waals surface area (Å²) >= 11 is 12.1. The summed E-state index contributed by atoms with van der Waals surface area (Å²) in [6.07, 6.45) is 0.797. The lowest BCUT2D eigenvalue weighted by Crippen LogP contribution is -2.29. The maximum atomic E-state index is 13.4. The van der Waals surface area contributed by atoms with Crippen molar-refractivity contribution in [3.8, 4) is 17.4 Å². The Morgan fingerprint density at radius 2 is 1.86 bits per heavy atom. The summed E-state index contributed by atoms with van der Waals surface area (Å²) in [5, 5.41) is 10.2. The number of methoxy groups -OCH3 is 2. The number of rotatable bonds is 10. The van der Waals surface area contributed by atoms with Gasteiger partial charge in [-0.15, -0.1) is 23.2 Å². The van der Waals surface area contributed by atoms with Gasteiger partial charge < -0.3 is 14.6 Å². The Kier molecular flexibility index (Phi) is 8.41. The zero-order chi connectivity index (χ0) is 21.6. The van der Waals surface area contributed by atoms with Gasteiger partial charge in [0.2, 0.25) is 11.6 Å². The topological polar surface area (TPSA) is 88.6 Å². The molecule has 1 heterocycles. The van der Waals surface area contributed by atoms with Crippen LogP contribution in [0.15, 0.2) is 35.1 Å². The zero-order valence-electron chi connectivity index (χ0n) is 16.6. The highest BCUT2D eigenvalue weighted by molar-refractivity contribution is 6.28. The second kappa shape index (κ2) is 10.6. The SMILES string of the molecule is COc1[nH]c(=O)c(C(=O)[C@@H](Cc2ccccc2)C[C@H](C)[C@@H](Cl)CCl)c(O)c1OC. The summed E-state index contributed by atoms with van der Waals surface area (Å²) in [7, 11) is 2.63. The van der Waals surface area contributed by atoms with Gasteiger partial charge in [0, 0.05) is 17.2 Å². The lowest BCUT2D eigenvalue weighted by Gasteiger charge is -2.23. The number of aromatic nitrogens is 1. The molecule has 1 aromatic heterocycles. The largest absolute Gasteiger partial charge is 0.503 e. The van der Waals surface area contributed by atoms with Gasteiger partial charge in [-0.3, -0.25) is 14.6 Å². The molecule has 0 saturated carbocycles. The Hall–Kier alpha value is -2.18. The van der Waals surface area contributed by atoms with Crippen LogP contribution in [0.25, 0.3) is 0 Å². The highest BCUT2D eigenvalue weighted by Crippen LogP contribution is 2.37. The molecule has 0 fully saturated rings. The summed E-state index contributed by atoms with van der Waals surface area (Å²) in [6, 6.07) is 9.46. The van der Waals surface area contributed by atoms with Crippen molar-refractivity contribution in [2.24, 2.45) is 11.8 Å². The van der Waals surface area contributed by atoms with E-state index < -0.39 is 23.0 Å². The first-order chi connectivity index (χ1) is 13.8. The molecule has 0 amide bonds. The number of nitrogens with one attached hydrogen (secondary N) is 1. The standard InChI is InChI=1S/C21H25Cl2NO5/c1-12(15(23)11-22)9-14(10-13-7-5-4-6-8-13)17(25)16-18(26)19(28-2)21(29-3)24-20(16)27/h4-8,12,14-15H,9-11H2,1-3H3,(H2,24,26,27)/t12-,14+,15-/m0/s1. The van der Waals surface area contributed by atoms with Crippen molar-refractivity contribution < 1.29 is 19.4 Å². The lowest BCUT2D eigenvalue weighted by atomic mass is 9.83. The van der Waals surface area contributed by atoms with Gasteiger partial charge >= 0.3 is 0 Å². The second-order valence-electron chi connectivity index (χ2n) is 6.88. The molecule has 0 spiro atoms. The van der Waals surface area contributed by atoms with Gasteiger partial charge in [-0.05, 0) is 24.3 Å². The first-order valence-electron chi connectivity index (χ1n) is 9.19. The minimum atomic E-state index is -0.740. The van der Waals surface area contributed by atoms with Crippen LogP contribution in [0.2, 0.25) is 0 Å². The number of hydrogen-bond acceptors (Lipinski definition) is 5. The number of carbonyl (C=O) groups excluding carboxylic acids is 1. The summed E-state index contributed by atoms with van der Waals surface area (Å²) in [4.78, 5) is 28.3. The number of alkyl halides is 2. The van der Waals surface area contributed by atoms with Gasteiger partial charge in [-0.25, -0.2) is 0 Å². The van der Waals surface area contributed by atoms with Crippen LogP contribution in [0.1, 0.15) is 29.3 Å². The van der Waals surface area contributed by atoms with E-state index in [2.05, 4.69) is 4.98 Å². The first-order valence-corrected chi connectivity index (χ1v) is 10.2. The molecule has 0 bridgehead atoms. The molecule has 158 valence electrons. The number of pyridine rings is 1. The zero-order valence-corrected chi connectivity index (χ0v) is 18.1. The normalized spacial score (nSPS) is 14.1. The summed E-state index contributed by atoms with van der Waals surface area (Å²) in [5.74, 6) is -1.59. The average molecular weight is 442 g/mol. The number of aromatic amines is 1. The number of ether oxygens (including phenoxy) is 2. The third kappa shape index (κ3) is 5.46. The van der Waals surface area contributed by atoms with Crippen molar-refractivity contribution in [3.63, 3.8) is 0 Å². The number of H-pyrrole nitrogens is 1. The molecular weight excluding hydrogens is 417 g/mol. The first kappa shape index (κ1) is 23.1.